The number of amides is 1. The van der Waals surface area contributed by atoms with Crippen LogP contribution in [0.15, 0.2) is 36.4 Å². The normalized spacial score (nSPS) is 20.0. The Morgan fingerprint density at radius 2 is 1.67 bits per heavy atom. The van der Waals surface area contributed by atoms with Crippen LogP contribution in [0.2, 0.25) is 0 Å². The fraction of sp³-hybridized carbons (Fsp3) is 0.444. The molecule has 1 aromatic carbocycles. The van der Waals surface area contributed by atoms with Crippen LogP contribution in [0.3, 0.4) is 0 Å². The van der Waals surface area contributed by atoms with Gasteiger partial charge in [-0.25, -0.2) is 9.59 Å². The first-order valence-electron chi connectivity index (χ1n) is 7.68. The van der Waals surface area contributed by atoms with Crippen LogP contribution in [0.5, 0.6) is 5.75 Å². The highest BCUT2D eigenvalue weighted by atomic mass is 16.6. The molecular formula is C18H23NO5. The van der Waals surface area contributed by atoms with Crippen LogP contribution in [0.1, 0.15) is 32.4 Å². The Balaban J connectivity index is 2.32. The zero-order valence-corrected chi connectivity index (χ0v) is 14.6. The second-order valence-corrected chi connectivity index (χ2v) is 6.46. The van der Waals surface area contributed by atoms with Gasteiger partial charge in [0.05, 0.1) is 20.3 Å². The topological polar surface area (TPSA) is 65.1 Å². The predicted molar refractivity (Wildman–Crippen MR) is 88.8 cm³/mol. The van der Waals surface area contributed by atoms with Crippen molar-refractivity contribution in [2.75, 3.05) is 14.2 Å². The lowest BCUT2D eigenvalue weighted by Gasteiger charge is -2.31. The van der Waals surface area contributed by atoms with E-state index in [1.807, 2.05) is 24.3 Å². The molecule has 1 heterocycles. The Kier molecular flexibility index (Phi) is 5.17. The number of methoxy groups -OCH3 is 2. The second kappa shape index (κ2) is 6.95. The first kappa shape index (κ1) is 17.8. The maximum atomic E-state index is 12.6. The average Bonchev–Trinajstić information content (AvgIpc) is 2.97. The molecule has 1 aliphatic heterocycles. The summed E-state index contributed by atoms with van der Waals surface area (Å²) in [7, 11) is 2.88. The van der Waals surface area contributed by atoms with Gasteiger partial charge >= 0.3 is 12.1 Å². The minimum atomic E-state index is -0.808. The number of hydrogen-bond donors (Lipinski definition) is 0. The largest absolute Gasteiger partial charge is 0.497 e. The molecule has 2 atom stereocenters. The van der Waals surface area contributed by atoms with E-state index in [4.69, 9.17) is 14.2 Å². The number of esters is 1. The summed E-state index contributed by atoms with van der Waals surface area (Å²) in [6, 6.07) is 6.10. The van der Waals surface area contributed by atoms with Crippen molar-refractivity contribution >= 4 is 12.1 Å². The van der Waals surface area contributed by atoms with Crippen LogP contribution in [0.4, 0.5) is 4.79 Å². The quantitative estimate of drug-likeness (QED) is 0.628. The Bertz CT molecular complexity index is 630. The van der Waals surface area contributed by atoms with E-state index in [1.165, 1.54) is 12.0 Å². The lowest BCUT2D eigenvalue weighted by molar-refractivity contribution is -0.145. The molecule has 0 saturated carbocycles. The van der Waals surface area contributed by atoms with E-state index in [0.29, 0.717) is 5.75 Å². The molecule has 0 aliphatic carbocycles. The molecule has 24 heavy (non-hydrogen) atoms. The summed E-state index contributed by atoms with van der Waals surface area (Å²) in [5, 5.41) is 0. The molecule has 1 amide bonds. The molecular weight excluding hydrogens is 310 g/mol. The Morgan fingerprint density at radius 3 is 2.17 bits per heavy atom. The van der Waals surface area contributed by atoms with Crippen LogP contribution < -0.4 is 4.74 Å². The number of nitrogens with zero attached hydrogens (tertiary/aromatic N) is 1. The van der Waals surface area contributed by atoms with Gasteiger partial charge in [-0.15, -0.1) is 0 Å². The standard InChI is InChI=1S/C18H23NO5/c1-18(2,3)24-17(21)19-14(10-11-15(19)16(20)23-5)12-6-8-13(22-4)9-7-12/h6-11,14-15H,1-5H3/t14?,15-/m0/s1. The van der Waals surface area contributed by atoms with Crippen LogP contribution >= 0.6 is 0 Å². The monoisotopic (exact) mass is 333 g/mol. The van der Waals surface area contributed by atoms with Gasteiger partial charge in [0.2, 0.25) is 0 Å². The van der Waals surface area contributed by atoms with Crippen LogP contribution in [0.25, 0.3) is 0 Å². The minimum Gasteiger partial charge on any atom is -0.497 e. The molecule has 0 aromatic heterocycles. The van der Waals surface area contributed by atoms with Crippen LogP contribution in [0, 0.1) is 0 Å². The fourth-order valence-electron chi connectivity index (χ4n) is 2.50. The van der Waals surface area contributed by atoms with E-state index in [0.717, 1.165) is 5.56 Å². The fourth-order valence-corrected chi connectivity index (χ4v) is 2.50. The molecule has 0 saturated heterocycles. The van der Waals surface area contributed by atoms with Crippen molar-refractivity contribution in [1.29, 1.82) is 0 Å². The summed E-state index contributed by atoms with van der Waals surface area (Å²) in [6.07, 6.45) is 2.89. The zero-order valence-electron chi connectivity index (χ0n) is 14.6. The molecule has 0 bridgehead atoms. The Hall–Kier alpha value is -2.50. The molecule has 1 aliphatic rings. The maximum Gasteiger partial charge on any atom is 0.412 e. The third-order valence-corrected chi connectivity index (χ3v) is 3.58. The van der Waals surface area contributed by atoms with Crippen molar-refractivity contribution < 1.29 is 23.8 Å². The number of rotatable bonds is 3. The predicted octanol–water partition coefficient (Wildman–Crippen LogP) is 3.08. The van der Waals surface area contributed by atoms with E-state index in [-0.39, 0.29) is 0 Å². The minimum absolute atomic E-state index is 0.408. The molecule has 1 aromatic rings. The second-order valence-electron chi connectivity index (χ2n) is 6.46. The molecule has 0 radical (unpaired) electrons. The first-order valence-corrected chi connectivity index (χ1v) is 7.68. The van der Waals surface area contributed by atoms with Crippen molar-refractivity contribution in [3.63, 3.8) is 0 Å². The van der Waals surface area contributed by atoms with Gasteiger partial charge < -0.3 is 14.2 Å². The number of benzene rings is 1. The van der Waals surface area contributed by atoms with Crippen molar-refractivity contribution in [3.8, 4) is 5.75 Å². The zero-order chi connectivity index (χ0) is 17.9. The molecule has 2 rings (SSSR count). The maximum absolute atomic E-state index is 12.6. The molecule has 0 N–H and O–H groups in total. The lowest BCUT2D eigenvalue weighted by atomic mass is 10.1. The lowest BCUT2D eigenvalue weighted by Crippen LogP contribution is -2.45. The van der Waals surface area contributed by atoms with Gasteiger partial charge in [-0.3, -0.25) is 4.90 Å². The number of carbonyl (C=O) groups excluding carboxylic acids is 2. The average molecular weight is 333 g/mol. The van der Waals surface area contributed by atoms with Crippen molar-refractivity contribution in [2.24, 2.45) is 0 Å². The van der Waals surface area contributed by atoms with Crippen molar-refractivity contribution in [2.45, 2.75) is 38.5 Å². The summed E-state index contributed by atoms with van der Waals surface area (Å²) in [5.74, 6) is 0.210. The molecule has 130 valence electrons. The summed E-state index contributed by atoms with van der Waals surface area (Å²) in [6.45, 7) is 5.35. The van der Waals surface area contributed by atoms with E-state index in [1.54, 1.807) is 40.0 Å². The van der Waals surface area contributed by atoms with Crippen molar-refractivity contribution in [1.82, 2.24) is 4.90 Å². The van der Waals surface area contributed by atoms with Crippen molar-refractivity contribution in [3.05, 3.63) is 42.0 Å². The summed E-state index contributed by atoms with van der Waals surface area (Å²) >= 11 is 0. The van der Waals surface area contributed by atoms with Gasteiger partial charge in [-0.2, -0.15) is 0 Å². The molecule has 6 heteroatoms. The highest BCUT2D eigenvalue weighted by molar-refractivity contribution is 5.85. The first-order chi connectivity index (χ1) is 11.3. The van der Waals surface area contributed by atoms with Gasteiger partial charge in [0.15, 0.2) is 6.04 Å². The summed E-state index contributed by atoms with van der Waals surface area (Å²) in [5.41, 5.74) is 0.189. The Morgan fingerprint density at radius 1 is 1.04 bits per heavy atom. The smallest absolute Gasteiger partial charge is 0.412 e. The van der Waals surface area contributed by atoms with E-state index in [9.17, 15) is 9.59 Å². The van der Waals surface area contributed by atoms with E-state index in [2.05, 4.69) is 0 Å². The molecule has 0 fully saturated rings. The van der Waals surface area contributed by atoms with Gasteiger partial charge in [-0.05, 0) is 38.5 Å². The van der Waals surface area contributed by atoms with Gasteiger partial charge in [-0.1, -0.05) is 24.3 Å². The highest BCUT2D eigenvalue weighted by Gasteiger charge is 2.40. The SMILES string of the molecule is COC(=O)[C@@H]1C=CC(c2ccc(OC)cc2)N1C(=O)OC(C)(C)C. The third-order valence-electron chi connectivity index (χ3n) is 3.58. The van der Waals surface area contributed by atoms with Crippen LogP contribution in [-0.2, 0) is 14.3 Å². The molecule has 0 spiro atoms. The summed E-state index contributed by atoms with van der Waals surface area (Å²) < 4.78 is 15.4. The Labute approximate surface area is 142 Å². The van der Waals surface area contributed by atoms with Crippen LogP contribution in [-0.4, -0.2) is 42.8 Å². The molecule has 6 nitrogen and oxygen atoms in total. The van der Waals surface area contributed by atoms with E-state index < -0.39 is 29.7 Å². The third kappa shape index (κ3) is 3.88. The number of hydrogen-bond acceptors (Lipinski definition) is 5. The highest BCUT2D eigenvalue weighted by Crippen LogP contribution is 2.33. The summed E-state index contributed by atoms with van der Waals surface area (Å²) in [4.78, 5) is 26.0. The van der Waals surface area contributed by atoms with E-state index >= 15 is 0 Å². The van der Waals surface area contributed by atoms with Gasteiger partial charge in [0, 0.05) is 0 Å². The number of ether oxygens (including phenoxy) is 3. The number of carbonyl (C=O) groups is 2. The van der Waals surface area contributed by atoms with Gasteiger partial charge in [0.1, 0.15) is 11.4 Å². The van der Waals surface area contributed by atoms with Gasteiger partial charge in [0.25, 0.3) is 0 Å². The molecule has 1 unspecified atom stereocenters.